The zero-order valence-corrected chi connectivity index (χ0v) is 27.1. The lowest BCUT2D eigenvalue weighted by Crippen LogP contribution is -2.70. The van der Waals surface area contributed by atoms with Crippen LogP contribution in [0.4, 0.5) is 0 Å². The Morgan fingerprint density at radius 1 is 1.00 bits per heavy atom. The molecule has 1 aliphatic heterocycles. The van der Waals surface area contributed by atoms with Crippen LogP contribution >= 0.6 is 0 Å². The van der Waals surface area contributed by atoms with Gasteiger partial charge in [-0.05, 0) is 80.5 Å². The van der Waals surface area contributed by atoms with E-state index < -0.39 is 40.7 Å². The average molecular weight is 591 g/mol. The average Bonchev–Trinajstić information content (AvgIpc) is 3.37. The highest BCUT2D eigenvalue weighted by Crippen LogP contribution is 2.74. The van der Waals surface area contributed by atoms with Gasteiger partial charge in [0.2, 0.25) is 0 Å². The highest BCUT2D eigenvalue weighted by molar-refractivity contribution is 5.67. The number of aliphatic hydroxyl groups excluding tert-OH is 3. The first kappa shape index (κ1) is 31.9. The predicted molar refractivity (Wildman–Crippen MR) is 157 cm³/mol. The first-order valence-electron chi connectivity index (χ1n) is 16.0. The van der Waals surface area contributed by atoms with Crippen LogP contribution in [0.5, 0.6) is 0 Å². The molecule has 238 valence electrons. The van der Waals surface area contributed by atoms with Crippen LogP contribution in [-0.2, 0) is 23.8 Å². The number of carbonyl (C=O) groups excluding carboxylic acids is 2. The van der Waals surface area contributed by atoms with Crippen molar-refractivity contribution < 1.29 is 39.1 Å². The van der Waals surface area contributed by atoms with Crippen molar-refractivity contribution >= 4 is 11.9 Å². The van der Waals surface area contributed by atoms with Crippen LogP contribution in [-0.4, -0.2) is 70.0 Å². The lowest BCUT2D eigenvalue weighted by Gasteiger charge is -2.70. The summed E-state index contributed by atoms with van der Waals surface area (Å²) in [6.45, 7) is 17.8. The van der Waals surface area contributed by atoms with Crippen LogP contribution in [0.2, 0.25) is 0 Å². The molecule has 0 unspecified atom stereocenters. The number of hydrogen-bond acceptors (Lipinski definition) is 8. The molecule has 1 saturated heterocycles. The van der Waals surface area contributed by atoms with Gasteiger partial charge in [0.15, 0.2) is 0 Å². The molecule has 12 atom stereocenters. The monoisotopic (exact) mass is 590 g/mol. The van der Waals surface area contributed by atoms with Crippen molar-refractivity contribution in [2.24, 2.45) is 45.3 Å². The summed E-state index contributed by atoms with van der Waals surface area (Å²) in [5, 5.41) is 32.9. The van der Waals surface area contributed by atoms with E-state index in [1.165, 1.54) is 19.4 Å². The van der Waals surface area contributed by atoms with Crippen LogP contribution in [0.25, 0.3) is 0 Å². The summed E-state index contributed by atoms with van der Waals surface area (Å²) in [7, 11) is 0. The minimum Gasteiger partial charge on any atom is -0.462 e. The van der Waals surface area contributed by atoms with Crippen molar-refractivity contribution in [1.29, 1.82) is 0 Å². The van der Waals surface area contributed by atoms with E-state index in [0.717, 1.165) is 19.3 Å². The summed E-state index contributed by atoms with van der Waals surface area (Å²) in [4.78, 5) is 25.0. The SMILES string of the molecule is CC(=O)O[C@H]1C[C@@H](O)C(C)(C)[C@@H]2C[C@@H](OC(C)=O)[C@@]3(C)C4=CC[C@H]([C@H](CO)C[C@H](O)[C@@H]5OC5(C)C)[C@]4(C)CC[C@H]3[C@@]12C. The quantitative estimate of drug-likeness (QED) is 0.224. The van der Waals surface area contributed by atoms with Crippen LogP contribution in [0.1, 0.15) is 101 Å². The third-order valence-electron chi connectivity index (χ3n) is 13.1. The smallest absolute Gasteiger partial charge is 0.302 e. The van der Waals surface area contributed by atoms with Gasteiger partial charge in [-0.2, -0.15) is 0 Å². The fourth-order valence-corrected chi connectivity index (χ4v) is 11.0. The number of allylic oxidation sites excluding steroid dienone is 1. The van der Waals surface area contributed by atoms with Gasteiger partial charge in [0.1, 0.15) is 18.3 Å². The summed E-state index contributed by atoms with van der Waals surface area (Å²) in [5.74, 6) is -0.630. The molecule has 0 aromatic heterocycles. The number of rotatable bonds is 7. The molecule has 0 spiro atoms. The van der Waals surface area contributed by atoms with Gasteiger partial charge < -0.3 is 29.5 Å². The highest BCUT2D eigenvalue weighted by atomic mass is 16.6. The van der Waals surface area contributed by atoms with Gasteiger partial charge in [-0.15, -0.1) is 0 Å². The van der Waals surface area contributed by atoms with Gasteiger partial charge >= 0.3 is 11.9 Å². The molecule has 0 aromatic rings. The second-order valence-electron chi connectivity index (χ2n) is 16.1. The molecule has 3 N–H and O–H groups in total. The molecule has 0 radical (unpaired) electrons. The Labute approximate surface area is 251 Å². The normalized spacial score (nSPS) is 46.3. The van der Waals surface area contributed by atoms with Crippen molar-refractivity contribution in [1.82, 2.24) is 0 Å². The van der Waals surface area contributed by atoms with Crippen molar-refractivity contribution in [2.75, 3.05) is 6.61 Å². The van der Waals surface area contributed by atoms with Gasteiger partial charge in [-0.1, -0.05) is 46.3 Å². The Kier molecular flexibility index (Phi) is 7.82. The van der Waals surface area contributed by atoms with Crippen molar-refractivity contribution in [3.05, 3.63) is 11.6 Å². The summed E-state index contributed by atoms with van der Waals surface area (Å²) in [6, 6.07) is 0. The van der Waals surface area contributed by atoms with E-state index in [4.69, 9.17) is 14.2 Å². The van der Waals surface area contributed by atoms with E-state index in [2.05, 4.69) is 40.7 Å². The molecule has 5 rings (SSSR count). The molecule has 8 nitrogen and oxygen atoms in total. The Balaban J connectivity index is 1.54. The summed E-state index contributed by atoms with van der Waals surface area (Å²) < 4.78 is 18.0. The number of aliphatic hydroxyl groups is 3. The number of epoxide rings is 1. The van der Waals surface area contributed by atoms with Gasteiger partial charge in [0, 0.05) is 37.7 Å². The maximum Gasteiger partial charge on any atom is 0.302 e. The van der Waals surface area contributed by atoms with Crippen LogP contribution in [0.3, 0.4) is 0 Å². The van der Waals surface area contributed by atoms with Crippen molar-refractivity contribution in [2.45, 2.75) is 137 Å². The van der Waals surface area contributed by atoms with Crippen molar-refractivity contribution in [3.8, 4) is 0 Å². The van der Waals surface area contributed by atoms with Gasteiger partial charge in [0.05, 0.1) is 17.8 Å². The van der Waals surface area contributed by atoms with Gasteiger partial charge in [-0.3, -0.25) is 9.59 Å². The Hall–Kier alpha value is -1.48. The highest BCUT2D eigenvalue weighted by Gasteiger charge is 2.72. The third kappa shape index (κ3) is 4.60. The molecule has 1 heterocycles. The molecular formula is C34H54O8. The van der Waals surface area contributed by atoms with Crippen LogP contribution < -0.4 is 0 Å². The zero-order valence-electron chi connectivity index (χ0n) is 27.1. The number of ether oxygens (including phenoxy) is 3. The number of esters is 2. The van der Waals surface area contributed by atoms with Crippen LogP contribution in [0, 0.1) is 45.3 Å². The second-order valence-corrected chi connectivity index (χ2v) is 16.1. The first-order chi connectivity index (χ1) is 19.3. The molecule has 42 heavy (non-hydrogen) atoms. The Morgan fingerprint density at radius 3 is 2.14 bits per heavy atom. The number of fused-ring (bicyclic) bond motifs is 5. The molecular weight excluding hydrogens is 536 g/mol. The summed E-state index contributed by atoms with van der Waals surface area (Å²) in [5.41, 5.74) is -0.741. The van der Waals surface area contributed by atoms with Gasteiger partial charge in [-0.25, -0.2) is 0 Å². The largest absolute Gasteiger partial charge is 0.462 e. The molecule has 0 aromatic carbocycles. The lowest BCUT2D eigenvalue weighted by molar-refractivity contribution is -0.259. The number of hydrogen-bond donors (Lipinski definition) is 3. The third-order valence-corrected chi connectivity index (χ3v) is 13.1. The molecule has 0 bridgehead atoms. The summed E-state index contributed by atoms with van der Waals surface area (Å²) >= 11 is 0. The molecule has 3 saturated carbocycles. The van der Waals surface area contributed by atoms with Crippen molar-refractivity contribution in [3.63, 3.8) is 0 Å². The molecule has 8 heteroatoms. The fourth-order valence-electron chi connectivity index (χ4n) is 11.0. The second kappa shape index (κ2) is 10.3. The number of carbonyl (C=O) groups is 2. The Bertz CT molecular complexity index is 1130. The topological polar surface area (TPSA) is 126 Å². The van der Waals surface area contributed by atoms with Crippen LogP contribution in [0.15, 0.2) is 11.6 Å². The maximum absolute atomic E-state index is 12.6. The molecule has 5 aliphatic rings. The zero-order chi connectivity index (χ0) is 31.2. The first-order valence-corrected chi connectivity index (χ1v) is 16.0. The lowest BCUT2D eigenvalue weighted by atomic mass is 9.36. The predicted octanol–water partition coefficient (Wildman–Crippen LogP) is 4.57. The molecule has 4 fully saturated rings. The molecule has 4 aliphatic carbocycles. The van der Waals surface area contributed by atoms with E-state index in [9.17, 15) is 24.9 Å². The minimum absolute atomic E-state index is 0.0144. The van der Waals surface area contributed by atoms with E-state index in [-0.39, 0.29) is 59.3 Å². The van der Waals surface area contributed by atoms with Gasteiger partial charge in [0.25, 0.3) is 0 Å². The maximum atomic E-state index is 12.6. The van der Waals surface area contributed by atoms with E-state index in [1.807, 2.05) is 13.8 Å². The minimum atomic E-state index is -0.650. The molecule has 0 amide bonds. The summed E-state index contributed by atoms with van der Waals surface area (Å²) in [6.07, 6.45) is 3.91. The van der Waals surface area contributed by atoms with E-state index >= 15 is 0 Å². The van der Waals surface area contributed by atoms with E-state index in [0.29, 0.717) is 19.3 Å². The standard InChI is InChI=1S/C34H54O8/c1-18(36)40-27-15-25-30(3,4)26(39)16-28(41-19(2)37)34(25,9)24-12-13-32(7)21(10-11-23(32)33(24,27)8)20(17-35)14-22(38)29-31(5,6)42-29/h11,20-22,24-29,35,38-39H,10,12-17H2,1-9H3/t20-,21+,22-,24+,25-,26+,27+,28-,29-,32-,33-,34+/m0/s1. The Morgan fingerprint density at radius 2 is 1.60 bits per heavy atom. The fraction of sp³-hybridized carbons (Fsp3) is 0.882. The van der Waals surface area contributed by atoms with E-state index in [1.54, 1.807) is 0 Å².